The van der Waals surface area contributed by atoms with Crippen molar-refractivity contribution in [2.24, 2.45) is 0 Å². The average molecular weight is 259 g/mol. The Morgan fingerprint density at radius 2 is 1.61 bits per heavy atom. The van der Waals surface area contributed by atoms with Gasteiger partial charge < -0.3 is 25.7 Å². The van der Waals surface area contributed by atoms with E-state index in [4.69, 9.17) is 10.2 Å². The quantitative estimate of drug-likeness (QED) is 0.498. The molecule has 0 saturated carbocycles. The first-order valence-corrected chi connectivity index (χ1v) is 5.69. The molecular weight excluding hydrogens is 242 g/mol. The van der Waals surface area contributed by atoms with Crippen molar-refractivity contribution in [1.82, 2.24) is 15.5 Å². The second-order valence-corrected chi connectivity index (χ2v) is 4.12. The number of amides is 2. The lowest BCUT2D eigenvalue weighted by Crippen LogP contribution is -2.50. The van der Waals surface area contributed by atoms with Gasteiger partial charge in [-0.2, -0.15) is 0 Å². The zero-order valence-electron chi connectivity index (χ0n) is 9.89. The maximum Gasteiger partial charge on any atom is 0.323 e. The maximum atomic E-state index is 11.8. The van der Waals surface area contributed by atoms with Gasteiger partial charge in [0.1, 0.15) is 13.1 Å². The Kier molecular flexibility index (Phi) is 5.37. The van der Waals surface area contributed by atoms with Crippen molar-refractivity contribution in [2.75, 3.05) is 26.2 Å². The van der Waals surface area contributed by atoms with Gasteiger partial charge in [-0.15, -0.1) is 0 Å². The van der Waals surface area contributed by atoms with Crippen LogP contribution in [0.1, 0.15) is 12.8 Å². The molecule has 0 aliphatic carbocycles. The van der Waals surface area contributed by atoms with Crippen molar-refractivity contribution >= 4 is 18.0 Å². The molecular formula is C10H17N3O5. The zero-order chi connectivity index (χ0) is 13.5. The third-order valence-electron chi connectivity index (χ3n) is 2.61. The first-order valence-electron chi connectivity index (χ1n) is 5.69. The number of carbonyl (C=O) groups excluding carboxylic acids is 1. The van der Waals surface area contributed by atoms with Gasteiger partial charge in [-0.25, -0.2) is 4.79 Å². The summed E-state index contributed by atoms with van der Waals surface area (Å²) in [4.78, 5) is 33.6. The predicted molar refractivity (Wildman–Crippen MR) is 61.3 cm³/mol. The number of piperidine rings is 1. The Bertz CT molecular complexity index is 311. The van der Waals surface area contributed by atoms with Gasteiger partial charge in [-0.1, -0.05) is 0 Å². The van der Waals surface area contributed by atoms with E-state index in [1.807, 2.05) is 0 Å². The van der Waals surface area contributed by atoms with Crippen LogP contribution in [0.2, 0.25) is 0 Å². The van der Waals surface area contributed by atoms with Crippen LogP contribution >= 0.6 is 0 Å². The van der Waals surface area contributed by atoms with Crippen molar-refractivity contribution in [3.05, 3.63) is 0 Å². The number of carbonyl (C=O) groups is 3. The molecule has 0 atom stereocenters. The lowest BCUT2D eigenvalue weighted by Gasteiger charge is -2.27. The zero-order valence-corrected chi connectivity index (χ0v) is 9.89. The van der Waals surface area contributed by atoms with Gasteiger partial charge in [-0.05, 0) is 25.9 Å². The van der Waals surface area contributed by atoms with Gasteiger partial charge in [0.2, 0.25) is 0 Å². The summed E-state index contributed by atoms with van der Waals surface area (Å²) in [5.41, 5.74) is 0. The fraction of sp³-hybridized carbons (Fsp3) is 0.700. The molecule has 1 rings (SSSR count). The first-order chi connectivity index (χ1) is 8.49. The second-order valence-electron chi connectivity index (χ2n) is 4.12. The Balaban J connectivity index is 2.51. The molecule has 0 aromatic carbocycles. The van der Waals surface area contributed by atoms with Crippen LogP contribution in [0.3, 0.4) is 0 Å². The van der Waals surface area contributed by atoms with Crippen molar-refractivity contribution < 1.29 is 24.6 Å². The maximum absolute atomic E-state index is 11.8. The molecule has 1 saturated heterocycles. The Morgan fingerprint density at radius 3 is 2.06 bits per heavy atom. The molecule has 8 nitrogen and oxygen atoms in total. The van der Waals surface area contributed by atoms with Gasteiger partial charge in [0, 0.05) is 6.04 Å². The average Bonchev–Trinajstić information content (AvgIpc) is 2.28. The molecule has 0 radical (unpaired) electrons. The van der Waals surface area contributed by atoms with Crippen LogP contribution < -0.4 is 10.6 Å². The minimum atomic E-state index is -1.24. The third-order valence-corrected chi connectivity index (χ3v) is 2.61. The standard InChI is InChI=1S/C10H17N3O5/c14-8(15)5-13(6-9(16)17)10(18)12-7-1-3-11-4-2-7/h7,11H,1-6H2,(H,12,18)(H,14,15)(H,16,17). The SMILES string of the molecule is O=C(O)CN(CC(=O)O)C(=O)NC1CCNCC1. The molecule has 0 bridgehead atoms. The Hall–Kier alpha value is -1.83. The number of nitrogens with zero attached hydrogens (tertiary/aromatic N) is 1. The van der Waals surface area contributed by atoms with Crippen LogP contribution in [0, 0.1) is 0 Å². The van der Waals surface area contributed by atoms with Crippen LogP contribution in [0.5, 0.6) is 0 Å². The molecule has 1 fully saturated rings. The van der Waals surface area contributed by atoms with Crippen LogP contribution in [0.4, 0.5) is 4.79 Å². The molecule has 1 aliphatic heterocycles. The number of hydrogen-bond acceptors (Lipinski definition) is 4. The number of aliphatic carboxylic acids is 2. The van der Waals surface area contributed by atoms with E-state index < -0.39 is 31.1 Å². The van der Waals surface area contributed by atoms with E-state index in [1.165, 1.54) is 0 Å². The molecule has 2 amide bonds. The van der Waals surface area contributed by atoms with Gasteiger partial charge in [-0.3, -0.25) is 9.59 Å². The van der Waals surface area contributed by atoms with E-state index in [-0.39, 0.29) is 6.04 Å². The van der Waals surface area contributed by atoms with Gasteiger partial charge in [0.25, 0.3) is 0 Å². The molecule has 8 heteroatoms. The second kappa shape index (κ2) is 6.80. The number of rotatable bonds is 5. The summed E-state index contributed by atoms with van der Waals surface area (Å²) in [5.74, 6) is -2.48. The van der Waals surface area contributed by atoms with Gasteiger partial charge in [0.15, 0.2) is 0 Å². The van der Waals surface area contributed by atoms with E-state index >= 15 is 0 Å². The summed E-state index contributed by atoms with van der Waals surface area (Å²) in [6.45, 7) is 0.317. The smallest absolute Gasteiger partial charge is 0.323 e. The molecule has 1 aliphatic rings. The summed E-state index contributed by atoms with van der Waals surface area (Å²) >= 11 is 0. The molecule has 18 heavy (non-hydrogen) atoms. The monoisotopic (exact) mass is 259 g/mol. The van der Waals surface area contributed by atoms with E-state index in [0.29, 0.717) is 0 Å². The van der Waals surface area contributed by atoms with Crippen LogP contribution in [0.15, 0.2) is 0 Å². The highest BCUT2D eigenvalue weighted by Crippen LogP contribution is 2.03. The first kappa shape index (κ1) is 14.2. The van der Waals surface area contributed by atoms with Crippen molar-refractivity contribution in [2.45, 2.75) is 18.9 Å². The molecule has 0 aromatic rings. The van der Waals surface area contributed by atoms with Crippen molar-refractivity contribution in [3.63, 3.8) is 0 Å². The summed E-state index contributed by atoms with van der Waals surface area (Å²) in [6.07, 6.45) is 1.50. The van der Waals surface area contributed by atoms with E-state index in [1.54, 1.807) is 0 Å². The normalized spacial score (nSPS) is 16.0. The van der Waals surface area contributed by atoms with E-state index in [0.717, 1.165) is 30.8 Å². The Morgan fingerprint density at radius 1 is 1.11 bits per heavy atom. The van der Waals surface area contributed by atoms with E-state index in [9.17, 15) is 14.4 Å². The molecule has 0 spiro atoms. The van der Waals surface area contributed by atoms with E-state index in [2.05, 4.69) is 10.6 Å². The predicted octanol–water partition coefficient (Wildman–Crippen LogP) is -1.08. The number of carboxylic acid groups (broad SMARTS) is 2. The number of hydrogen-bond donors (Lipinski definition) is 4. The summed E-state index contributed by atoms with van der Waals surface area (Å²) < 4.78 is 0. The molecule has 0 unspecified atom stereocenters. The summed E-state index contributed by atoms with van der Waals surface area (Å²) in [7, 11) is 0. The van der Waals surface area contributed by atoms with Gasteiger partial charge >= 0.3 is 18.0 Å². The number of carboxylic acids is 2. The summed E-state index contributed by atoms with van der Waals surface area (Å²) in [6, 6.07) is -0.685. The highest BCUT2D eigenvalue weighted by atomic mass is 16.4. The Labute approximate surface area is 104 Å². The lowest BCUT2D eigenvalue weighted by atomic mass is 10.1. The minimum Gasteiger partial charge on any atom is -0.480 e. The lowest BCUT2D eigenvalue weighted by molar-refractivity contribution is -0.140. The van der Waals surface area contributed by atoms with Crippen LogP contribution in [-0.4, -0.2) is 65.3 Å². The fourth-order valence-electron chi connectivity index (χ4n) is 1.76. The van der Waals surface area contributed by atoms with Crippen LogP contribution in [0.25, 0.3) is 0 Å². The van der Waals surface area contributed by atoms with Crippen molar-refractivity contribution in [1.29, 1.82) is 0 Å². The van der Waals surface area contributed by atoms with Gasteiger partial charge in [0.05, 0.1) is 0 Å². The highest BCUT2D eigenvalue weighted by Gasteiger charge is 2.23. The minimum absolute atomic E-state index is 0.0381. The summed E-state index contributed by atoms with van der Waals surface area (Å²) in [5, 5.41) is 23.0. The largest absolute Gasteiger partial charge is 0.480 e. The van der Waals surface area contributed by atoms with Crippen molar-refractivity contribution in [3.8, 4) is 0 Å². The fourth-order valence-corrected chi connectivity index (χ4v) is 1.76. The molecule has 1 heterocycles. The highest BCUT2D eigenvalue weighted by molar-refractivity contribution is 5.84. The number of urea groups is 1. The number of nitrogens with one attached hydrogen (secondary N) is 2. The topological polar surface area (TPSA) is 119 Å². The third kappa shape index (κ3) is 5.00. The van der Waals surface area contributed by atoms with Crippen LogP contribution in [-0.2, 0) is 9.59 Å². The molecule has 4 N–H and O–H groups in total. The molecule has 0 aromatic heterocycles. The molecule has 102 valence electrons.